The third kappa shape index (κ3) is 5.41. The molecule has 0 bridgehead atoms. The molecule has 1 aliphatic carbocycles. The van der Waals surface area contributed by atoms with Crippen molar-refractivity contribution in [1.82, 2.24) is 10.2 Å². The summed E-state index contributed by atoms with van der Waals surface area (Å²) in [6.07, 6.45) is 4.94. The number of halogens is 1. The number of carbonyl (C=O) groups excluding carboxylic acids is 2. The number of ether oxygens (including phenoxy) is 1. The van der Waals surface area contributed by atoms with Gasteiger partial charge in [0.2, 0.25) is 0 Å². The molecule has 0 aromatic rings. The number of carbonyl (C=O) groups is 2. The van der Waals surface area contributed by atoms with E-state index in [1.165, 1.54) is 0 Å². The van der Waals surface area contributed by atoms with Gasteiger partial charge in [0.15, 0.2) is 0 Å². The van der Waals surface area contributed by atoms with Gasteiger partial charge < -0.3 is 15.0 Å². The maximum atomic E-state index is 12.7. The maximum Gasteiger partial charge on any atom is 0.407 e. The molecule has 1 N–H and O–H groups in total. The van der Waals surface area contributed by atoms with Crippen LogP contribution in [0.2, 0.25) is 0 Å². The average Bonchev–Trinajstić information content (AvgIpc) is 2.45. The highest BCUT2D eigenvalue weighted by Crippen LogP contribution is 2.29. The Hall–Kier alpha value is -1.23. The SMILES string of the molecule is CC(C)(C)OC(=O)NC1CCCN(C(=O)C2=C(Cl)CCCC2)C1. The lowest BCUT2D eigenvalue weighted by Crippen LogP contribution is -2.50. The standard InChI is InChI=1S/C17H27ClN2O3/c1-17(2,3)23-16(22)19-12-7-6-10-20(11-12)15(21)13-8-4-5-9-14(13)18/h12H,4-11H2,1-3H3,(H,19,22). The van der Waals surface area contributed by atoms with Crippen molar-refractivity contribution in [2.24, 2.45) is 0 Å². The summed E-state index contributed by atoms with van der Waals surface area (Å²) in [6.45, 7) is 6.74. The Kier molecular flexibility index (Phi) is 5.95. The van der Waals surface area contributed by atoms with Crippen molar-refractivity contribution in [3.05, 3.63) is 10.6 Å². The van der Waals surface area contributed by atoms with Crippen LogP contribution in [0.1, 0.15) is 59.3 Å². The Bertz CT molecular complexity index is 497. The van der Waals surface area contributed by atoms with E-state index in [9.17, 15) is 9.59 Å². The molecule has 2 rings (SSSR count). The van der Waals surface area contributed by atoms with Gasteiger partial charge in [-0.05, 0) is 59.3 Å². The second-order valence-corrected chi connectivity index (χ2v) is 7.78. The minimum atomic E-state index is -0.519. The fourth-order valence-electron chi connectivity index (χ4n) is 3.04. The second kappa shape index (κ2) is 7.56. The first kappa shape index (κ1) is 18.1. The third-order valence-corrected chi connectivity index (χ3v) is 4.51. The van der Waals surface area contributed by atoms with Crippen LogP contribution in [0.15, 0.2) is 10.6 Å². The zero-order chi connectivity index (χ0) is 17.0. The zero-order valence-electron chi connectivity index (χ0n) is 14.3. The van der Waals surface area contributed by atoms with Gasteiger partial charge in [0.1, 0.15) is 5.60 Å². The van der Waals surface area contributed by atoms with Gasteiger partial charge in [0.25, 0.3) is 5.91 Å². The van der Waals surface area contributed by atoms with Crippen LogP contribution in [0.5, 0.6) is 0 Å². The summed E-state index contributed by atoms with van der Waals surface area (Å²) in [5.74, 6) is 0.0328. The lowest BCUT2D eigenvalue weighted by molar-refractivity contribution is -0.128. The molecule has 0 saturated carbocycles. The fourth-order valence-corrected chi connectivity index (χ4v) is 3.34. The molecule has 0 spiro atoms. The molecule has 1 aliphatic heterocycles. The van der Waals surface area contributed by atoms with Crippen LogP contribution in [0, 0.1) is 0 Å². The summed E-state index contributed by atoms with van der Waals surface area (Å²) in [5, 5.41) is 3.58. The molecule has 0 aromatic carbocycles. The topological polar surface area (TPSA) is 58.6 Å². The highest BCUT2D eigenvalue weighted by molar-refractivity contribution is 6.32. The molecule has 1 heterocycles. The number of rotatable bonds is 2. The molecule has 2 aliphatic rings. The van der Waals surface area contributed by atoms with Crippen LogP contribution < -0.4 is 5.32 Å². The van der Waals surface area contributed by atoms with E-state index in [0.717, 1.165) is 50.6 Å². The number of hydrogen-bond donors (Lipinski definition) is 1. The summed E-state index contributed by atoms with van der Waals surface area (Å²) < 4.78 is 5.29. The molecule has 130 valence electrons. The molecule has 1 saturated heterocycles. The van der Waals surface area contributed by atoms with Gasteiger partial charge in [-0.2, -0.15) is 0 Å². The van der Waals surface area contributed by atoms with Gasteiger partial charge in [-0.1, -0.05) is 11.6 Å². The van der Waals surface area contributed by atoms with Gasteiger partial charge in [-0.15, -0.1) is 0 Å². The van der Waals surface area contributed by atoms with Crippen molar-refractivity contribution in [1.29, 1.82) is 0 Å². The first-order chi connectivity index (χ1) is 10.8. The summed E-state index contributed by atoms with van der Waals surface area (Å²) in [6, 6.07) is -0.0643. The largest absolute Gasteiger partial charge is 0.444 e. The van der Waals surface area contributed by atoms with Crippen LogP contribution >= 0.6 is 11.6 Å². The zero-order valence-corrected chi connectivity index (χ0v) is 15.0. The lowest BCUT2D eigenvalue weighted by Gasteiger charge is -2.34. The number of nitrogens with zero attached hydrogens (tertiary/aromatic N) is 1. The highest BCUT2D eigenvalue weighted by atomic mass is 35.5. The normalized spacial score (nSPS) is 22.8. The Morgan fingerprint density at radius 2 is 1.91 bits per heavy atom. The summed E-state index contributed by atoms with van der Waals surface area (Å²) >= 11 is 6.23. The number of hydrogen-bond acceptors (Lipinski definition) is 3. The van der Waals surface area contributed by atoms with E-state index in [1.54, 1.807) is 0 Å². The average molecular weight is 343 g/mol. The van der Waals surface area contributed by atoms with Crippen molar-refractivity contribution >= 4 is 23.6 Å². The van der Waals surface area contributed by atoms with Gasteiger partial charge in [-0.25, -0.2) is 4.79 Å². The number of allylic oxidation sites excluding steroid dienone is 1. The Labute approximate surface area is 143 Å². The predicted octanol–water partition coefficient (Wildman–Crippen LogP) is 3.57. The molecule has 5 nitrogen and oxygen atoms in total. The molecule has 6 heteroatoms. The van der Waals surface area contributed by atoms with Crippen molar-refractivity contribution in [3.8, 4) is 0 Å². The van der Waals surface area contributed by atoms with E-state index in [2.05, 4.69) is 5.32 Å². The number of likely N-dealkylation sites (tertiary alicyclic amines) is 1. The second-order valence-electron chi connectivity index (χ2n) is 7.33. The van der Waals surface area contributed by atoms with Gasteiger partial charge in [0, 0.05) is 29.7 Å². The first-order valence-corrected chi connectivity index (χ1v) is 8.80. The molecule has 23 heavy (non-hydrogen) atoms. The van der Waals surface area contributed by atoms with E-state index >= 15 is 0 Å². The molecular weight excluding hydrogens is 316 g/mol. The lowest BCUT2D eigenvalue weighted by atomic mass is 9.97. The van der Waals surface area contributed by atoms with E-state index in [-0.39, 0.29) is 11.9 Å². The Balaban J connectivity index is 1.93. The number of piperidine rings is 1. The van der Waals surface area contributed by atoms with Gasteiger partial charge >= 0.3 is 6.09 Å². The Morgan fingerprint density at radius 1 is 1.22 bits per heavy atom. The molecule has 1 atom stereocenters. The Morgan fingerprint density at radius 3 is 2.57 bits per heavy atom. The van der Waals surface area contributed by atoms with Crippen molar-refractivity contribution < 1.29 is 14.3 Å². The van der Waals surface area contributed by atoms with Crippen LogP contribution in [0.25, 0.3) is 0 Å². The van der Waals surface area contributed by atoms with Crippen molar-refractivity contribution in [2.45, 2.75) is 70.9 Å². The van der Waals surface area contributed by atoms with E-state index in [0.29, 0.717) is 11.6 Å². The fraction of sp³-hybridized carbons (Fsp3) is 0.765. The van der Waals surface area contributed by atoms with E-state index in [1.807, 2.05) is 25.7 Å². The molecule has 1 unspecified atom stereocenters. The van der Waals surface area contributed by atoms with Crippen LogP contribution in [0.3, 0.4) is 0 Å². The molecular formula is C17H27ClN2O3. The molecule has 0 aromatic heterocycles. The van der Waals surface area contributed by atoms with E-state index < -0.39 is 11.7 Å². The van der Waals surface area contributed by atoms with Crippen molar-refractivity contribution in [3.63, 3.8) is 0 Å². The maximum absolute atomic E-state index is 12.7. The number of alkyl carbamates (subject to hydrolysis) is 1. The van der Waals surface area contributed by atoms with Gasteiger partial charge in [0.05, 0.1) is 0 Å². The molecule has 0 radical (unpaired) electrons. The first-order valence-electron chi connectivity index (χ1n) is 8.42. The predicted molar refractivity (Wildman–Crippen MR) is 90.3 cm³/mol. The van der Waals surface area contributed by atoms with Crippen LogP contribution in [-0.4, -0.2) is 41.6 Å². The third-order valence-electron chi connectivity index (χ3n) is 4.09. The van der Waals surface area contributed by atoms with Crippen LogP contribution in [-0.2, 0) is 9.53 Å². The number of amides is 2. The van der Waals surface area contributed by atoms with Gasteiger partial charge in [-0.3, -0.25) is 4.79 Å². The smallest absolute Gasteiger partial charge is 0.407 e. The monoisotopic (exact) mass is 342 g/mol. The quantitative estimate of drug-likeness (QED) is 0.834. The molecule has 1 fully saturated rings. The molecule has 2 amide bonds. The van der Waals surface area contributed by atoms with E-state index in [4.69, 9.17) is 16.3 Å². The minimum Gasteiger partial charge on any atom is -0.444 e. The summed E-state index contributed by atoms with van der Waals surface area (Å²) in [5.41, 5.74) is 0.241. The number of nitrogens with one attached hydrogen (secondary N) is 1. The summed E-state index contributed by atoms with van der Waals surface area (Å²) in [4.78, 5) is 26.4. The van der Waals surface area contributed by atoms with Crippen molar-refractivity contribution in [2.75, 3.05) is 13.1 Å². The van der Waals surface area contributed by atoms with Crippen LogP contribution in [0.4, 0.5) is 4.79 Å². The summed E-state index contributed by atoms with van der Waals surface area (Å²) in [7, 11) is 0. The minimum absolute atomic E-state index is 0.0328. The highest BCUT2D eigenvalue weighted by Gasteiger charge is 2.29.